The van der Waals surface area contributed by atoms with E-state index in [1.54, 1.807) is 24.8 Å². The Balaban J connectivity index is 1.69. The summed E-state index contributed by atoms with van der Waals surface area (Å²) in [5.41, 5.74) is 1.79. The van der Waals surface area contributed by atoms with Crippen molar-refractivity contribution in [3.63, 3.8) is 0 Å². The van der Waals surface area contributed by atoms with Crippen LogP contribution in [-0.4, -0.2) is 19.9 Å². The van der Waals surface area contributed by atoms with Crippen molar-refractivity contribution in [2.75, 3.05) is 9.80 Å². The minimum absolute atomic E-state index is 0.766. The van der Waals surface area contributed by atoms with E-state index < -0.39 is 0 Å². The van der Waals surface area contributed by atoms with Gasteiger partial charge in [-0.15, -0.1) is 0 Å². The molecule has 33 heavy (non-hydrogen) atoms. The van der Waals surface area contributed by atoms with Crippen LogP contribution in [0.3, 0.4) is 0 Å². The second-order valence-electron chi connectivity index (χ2n) is 7.09. The fraction of sp³-hybridized carbons (Fsp3) is 0. The number of halogens is 1. The molecule has 0 radical (unpaired) electrons. The van der Waals surface area contributed by atoms with E-state index in [0.717, 1.165) is 39.1 Å². The zero-order chi connectivity index (χ0) is 22.5. The number of nitrogens with zero attached hydrogens (tertiary/aromatic N) is 6. The largest absolute Gasteiger partial charge is 0.279 e. The lowest BCUT2D eigenvalue weighted by Crippen LogP contribution is -2.16. The van der Waals surface area contributed by atoms with Gasteiger partial charge in [0.2, 0.25) is 0 Å². The zero-order valence-electron chi connectivity index (χ0n) is 17.5. The van der Waals surface area contributed by atoms with Gasteiger partial charge in [-0.05, 0) is 66.7 Å². The Labute approximate surface area is 200 Å². The molecule has 5 aromatic rings. The number of aromatic nitrogens is 4. The molecule has 0 aliphatic heterocycles. The van der Waals surface area contributed by atoms with Crippen LogP contribution in [0.15, 0.2) is 120 Å². The average molecular weight is 495 g/mol. The number of benzene rings is 1. The van der Waals surface area contributed by atoms with Crippen LogP contribution in [0.1, 0.15) is 0 Å². The summed E-state index contributed by atoms with van der Waals surface area (Å²) in [5, 5.41) is 0. The van der Waals surface area contributed by atoms with Crippen molar-refractivity contribution < 1.29 is 0 Å². The summed E-state index contributed by atoms with van der Waals surface area (Å²) in [6.07, 6.45) is 7.10. The Morgan fingerprint density at radius 3 is 1.06 bits per heavy atom. The number of anilines is 6. The standard InChI is InChI=1S/C26H19BrN6/c27-20-17-21(32(23-9-1-5-13-28-23)24-10-2-6-14-29-24)19-22(18-20)33(25-11-3-7-15-30-25)26-12-4-8-16-31-26/h1-19H. The molecule has 0 atom stereocenters. The molecule has 1 aromatic carbocycles. The molecule has 0 aliphatic carbocycles. The van der Waals surface area contributed by atoms with Gasteiger partial charge >= 0.3 is 0 Å². The molecule has 160 valence electrons. The monoisotopic (exact) mass is 494 g/mol. The van der Waals surface area contributed by atoms with E-state index in [1.165, 1.54) is 0 Å². The third-order valence-corrected chi connectivity index (χ3v) is 5.36. The topological polar surface area (TPSA) is 58.0 Å². The molecule has 6 nitrogen and oxygen atoms in total. The smallest absolute Gasteiger partial charge is 0.138 e. The lowest BCUT2D eigenvalue weighted by atomic mass is 10.2. The first kappa shape index (κ1) is 20.8. The summed E-state index contributed by atoms with van der Waals surface area (Å²) in [6, 6.07) is 29.5. The van der Waals surface area contributed by atoms with Crippen molar-refractivity contribution in [3.8, 4) is 0 Å². The molecule has 0 amide bonds. The van der Waals surface area contributed by atoms with Gasteiger partial charge in [-0.1, -0.05) is 40.2 Å². The fourth-order valence-corrected chi connectivity index (χ4v) is 3.99. The number of rotatable bonds is 6. The highest BCUT2D eigenvalue weighted by Crippen LogP contribution is 2.39. The maximum absolute atomic E-state index is 4.58. The second-order valence-corrected chi connectivity index (χ2v) is 8.01. The van der Waals surface area contributed by atoms with Crippen molar-refractivity contribution in [1.29, 1.82) is 0 Å². The summed E-state index contributed by atoms with van der Waals surface area (Å²) >= 11 is 3.70. The predicted octanol–water partition coefficient (Wildman–Crippen LogP) is 6.97. The van der Waals surface area contributed by atoms with E-state index >= 15 is 0 Å². The van der Waals surface area contributed by atoms with Gasteiger partial charge in [0.05, 0.1) is 11.4 Å². The molecule has 0 saturated carbocycles. The van der Waals surface area contributed by atoms with Crippen LogP contribution < -0.4 is 9.80 Å². The van der Waals surface area contributed by atoms with Crippen LogP contribution in [0.25, 0.3) is 0 Å². The quantitative estimate of drug-likeness (QED) is 0.254. The van der Waals surface area contributed by atoms with Crippen LogP contribution in [0, 0.1) is 0 Å². The molecule has 0 spiro atoms. The molecule has 4 heterocycles. The fourth-order valence-electron chi connectivity index (χ4n) is 3.53. The molecule has 0 N–H and O–H groups in total. The predicted molar refractivity (Wildman–Crippen MR) is 135 cm³/mol. The first-order valence-corrected chi connectivity index (χ1v) is 11.1. The normalized spacial score (nSPS) is 10.6. The van der Waals surface area contributed by atoms with Crippen LogP contribution in [0.2, 0.25) is 0 Å². The van der Waals surface area contributed by atoms with Crippen molar-refractivity contribution in [2.45, 2.75) is 0 Å². The van der Waals surface area contributed by atoms with Gasteiger partial charge in [0.25, 0.3) is 0 Å². The Kier molecular flexibility index (Phi) is 6.04. The molecule has 0 unspecified atom stereocenters. The third-order valence-electron chi connectivity index (χ3n) is 4.90. The SMILES string of the molecule is Brc1cc(N(c2ccccn2)c2ccccn2)cc(N(c2ccccn2)c2ccccn2)c1. The summed E-state index contributed by atoms with van der Waals surface area (Å²) in [5.74, 6) is 3.06. The first-order chi connectivity index (χ1) is 16.3. The van der Waals surface area contributed by atoms with Gasteiger partial charge in [0.1, 0.15) is 23.3 Å². The van der Waals surface area contributed by atoms with E-state index in [2.05, 4.69) is 41.9 Å². The third kappa shape index (κ3) is 4.58. The molecule has 0 saturated heterocycles. The van der Waals surface area contributed by atoms with E-state index in [9.17, 15) is 0 Å². The van der Waals surface area contributed by atoms with Crippen molar-refractivity contribution in [3.05, 3.63) is 120 Å². The van der Waals surface area contributed by atoms with Crippen LogP contribution in [0.4, 0.5) is 34.6 Å². The molecule has 4 aromatic heterocycles. The highest BCUT2D eigenvalue weighted by atomic mass is 79.9. The molecule has 0 aliphatic rings. The van der Waals surface area contributed by atoms with E-state index in [1.807, 2.05) is 94.7 Å². The van der Waals surface area contributed by atoms with E-state index in [-0.39, 0.29) is 0 Å². The lowest BCUT2D eigenvalue weighted by Gasteiger charge is -2.27. The highest BCUT2D eigenvalue weighted by molar-refractivity contribution is 9.10. The maximum Gasteiger partial charge on any atom is 0.138 e. The van der Waals surface area contributed by atoms with Crippen LogP contribution in [-0.2, 0) is 0 Å². The van der Waals surface area contributed by atoms with Gasteiger partial charge in [0, 0.05) is 29.3 Å². The van der Waals surface area contributed by atoms with Crippen molar-refractivity contribution in [2.24, 2.45) is 0 Å². The zero-order valence-corrected chi connectivity index (χ0v) is 19.1. The highest BCUT2D eigenvalue weighted by Gasteiger charge is 2.20. The Bertz CT molecular complexity index is 1140. The van der Waals surface area contributed by atoms with Crippen LogP contribution in [0.5, 0.6) is 0 Å². The van der Waals surface area contributed by atoms with E-state index in [4.69, 9.17) is 0 Å². The molecule has 0 bridgehead atoms. The summed E-state index contributed by atoms with van der Waals surface area (Å²) in [6.45, 7) is 0. The molecule has 5 rings (SSSR count). The summed E-state index contributed by atoms with van der Waals surface area (Å²) in [4.78, 5) is 22.4. The summed E-state index contributed by atoms with van der Waals surface area (Å²) in [7, 11) is 0. The van der Waals surface area contributed by atoms with Gasteiger partial charge in [-0.3, -0.25) is 9.80 Å². The molecule has 0 fully saturated rings. The van der Waals surface area contributed by atoms with Crippen molar-refractivity contribution >= 4 is 50.6 Å². The number of hydrogen-bond donors (Lipinski definition) is 0. The first-order valence-electron chi connectivity index (χ1n) is 10.3. The van der Waals surface area contributed by atoms with Gasteiger partial charge in [-0.2, -0.15) is 0 Å². The lowest BCUT2D eigenvalue weighted by molar-refractivity contribution is 1.11. The Morgan fingerprint density at radius 2 is 0.788 bits per heavy atom. The van der Waals surface area contributed by atoms with Gasteiger partial charge < -0.3 is 0 Å². The van der Waals surface area contributed by atoms with Crippen molar-refractivity contribution in [1.82, 2.24) is 19.9 Å². The molecular weight excluding hydrogens is 476 g/mol. The minimum Gasteiger partial charge on any atom is -0.279 e. The molecular formula is C26H19BrN6. The number of pyridine rings is 4. The number of hydrogen-bond acceptors (Lipinski definition) is 6. The maximum atomic E-state index is 4.58. The minimum atomic E-state index is 0.766. The van der Waals surface area contributed by atoms with Gasteiger partial charge in [-0.25, -0.2) is 19.9 Å². The Morgan fingerprint density at radius 1 is 0.455 bits per heavy atom. The second kappa shape index (κ2) is 9.58. The summed E-state index contributed by atoms with van der Waals surface area (Å²) < 4.78 is 0.906. The Hall–Kier alpha value is -4.10. The molecule has 7 heteroatoms. The average Bonchev–Trinajstić information content (AvgIpc) is 2.87. The van der Waals surface area contributed by atoms with Gasteiger partial charge in [0.15, 0.2) is 0 Å². The van der Waals surface area contributed by atoms with E-state index in [0.29, 0.717) is 0 Å². The van der Waals surface area contributed by atoms with Crippen LogP contribution >= 0.6 is 15.9 Å².